The Kier molecular flexibility index (Phi) is 15.0. The SMILES string of the molecule is C[C@@H]1[C@H](O)C/C(=C2/CCCC3(CCCC3)C2)C(C)(C)C[C@@H](n2ccnc2)CSS[C@H](CCCO)[C@H]2C[C@H]1[C@@]1(CO)C[C@H](CN=C(N)N[C@H](C)O)[C@H]3C(=CC(=O)[C@@H]4C[C@@H](O)[C@@H](O)C[C@]34C)[C@]21O. The van der Waals surface area contributed by atoms with Crippen molar-refractivity contribution in [3.05, 3.63) is 41.5 Å². The van der Waals surface area contributed by atoms with Gasteiger partial charge in [0.05, 0.1) is 36.8 Å². The first-order valence-electron chi connectivity index (χ1n) is 25.3. The molecule has 5 saturated carbocycles. The second-order valence-electron chi connectivity index (χ2n) is 23.1. The molecule has 1 spiro atoms. The number of nitrogens with two attached hydrogens (primary N) is 1. The Morgan fingerprint density at radius 2 is 1.77 bits per heavy atom. The number of fused-ring (bicyclic) bond motifs is 9. The maximum Gasteiger partial charge on any atom is 0.190 e. The number of rotatable bonds is 8. The highest BCUT2D eigenvalue weighted by atomic mass is 33.1. The van der Waals surface area contributed by atoms with E-state index in [9.17, 15) is 40.5 Å². The Morgan fingerprint density at radius 3 is 2.45 bits per heavy atom. The molecule has 2 bridgehead atoms. The number of imidazole rings is 1. The summed E-state index contributed by atoms with van der Waals surface area (Å²) in [5.74, 6) is -2.06. The zero-order valence-corrected chi connectivity index (χ0v) is 41.8. The van der Waals surface area contributed by atoms with Gasteiger partial charge >= 0.3 is 0 Å². The summed E-state index contributed by atoms with van der Waals surface area (Å²) >= 11 is 0. The van der Waals surface area contributed by atoms with Gasteiger partial charge in [-0.3, -0.25) is 9.79 Å². The minimum atomic E-state index is -1.71. The molecule has 1 aromatic rings. The predicted octanol–water partition coefficient (Wildman–Crippen LogP) is 6.07. The molecule has 6 aliphatic carbocycles. The zero-order chi connectivity index (χ0) is 47.4. The number of guanidine groups is 1. The molecule has 10 N–H and O–H groups in total. The van der Waals surface area contributed by atoms with E-state index in [4.69, 9.17) is 10.7 Å². The van der Waals surface area contributed by atoms with Crippen LogP contribution in [0.5, 0.6) is 0 Å². The van der Waals surface area contributed by atoms with E-state index in [1.807, 2.05) is 19.4 Å². The van der Waals surface area contributed by atoms with E-state index in [1.54, 1.807) is 34.6 Å². The maximum atomic E-state index is 14.7. The number of aliphatic hydroxyl groups excluding tert-OH is 6. The van der Waals surface area contributed by atoms with E-state index in [1.165, 1.54) is 43.3 Å². The number of aliphatic imine (C=N–C) groups is 1. The summed E-state index contributed by atoms with van der Waals surface area (Å²) in [7, 11) is 3.53. The van der Waals surface area contributed by atoms with Crippen LogP contribution in [0.25, 0.3) is 0 Å². The monoisotopic (exact) mass is 956 g/mol. The highest BCUT2D eigenvalue weighted by molar-refractivity contribution is 8.76. The van der Waals surface area contributed by atoms with Gasteiger partial charge < -0.3 is 51.4 Å². The number of aromatic nitrogens is 2. The molecule has 1 saturated heterocycles. The molecule has 8 rings (SSSR count). The van der Waals surface area contributed by atoms with Crippen LogP contribution in [-0.4, -0.2) is 118 Å². The summed E-state index contributed by atoms with van der Waals surface area (Å²) in [5.41, 5.74) is 6.04. The molecule has 0 unspecified atom stereocenters. The molecule has 0 aromatic carbocycles. The normalized spacial score (nSPS) is 43.3. The number of aliphatic hydroxyl groups is 7. The van der Waals surface area contributed by atoms with E-state index in [2.05, 4.69) is 41.8 Å². The molecule has 6 fully saturated rings. The van der Waals surface area contributed by atoms with E-state index < -0.39 is 65.3 Å². The number of nitrogens with one attached hydrogen (secondary N) is 1. The standard InChI is InChI=1S/C51H81N5O8S2/c1-30-35-18-38(51(64)39-21-41(61)37-20-42(62)43(63)25-48(37,5)45(39)33(23-50(35,51)28-58)26-54-46(52)55-31(2)59)44(11-9-17-57)66-65-27-34(56-16-15-53-29-56)24-47(3,4)36(19-40(30)60)32-10-8-14-49(22-32)12-6-7-13-49/h15-16,21,29-31,33-35,37-38,40,42-45,57-60,62-64H,6-14,17-20,22-28H2,1-5H3,(H3,52,54,55)/b36-32+/t30-,31-,33+,34+,35+,37-,38+,40+,42+,43-,44+,45-,48-,50-,51+/m0/s1. The number of ketones is 1. The summed E-state index contributed by atoms with van der Waals surface area (Å²) in [6, 6.07) is 0.0892. The largest absolute Gasteiger partial charge is 0.396 e. The van der Waals surface area contributed by atoms with Crippen LogP contribution in [-0.2, 0) is 4.79 Å². The molecule has 370 valence electrons. The molecule has 15 atom stereocenters. The van der Waals surface area contributed by atoms with Gasteiger partial charge in [-0.15, -0.1) is 0 Å². The van der Waals surface area contributed by atoms with E-state index >= 15 is 0 Å². The van der Waals surface area contributed by atoms with Gasteiger partial charge in [-0.1, -0.05) is 73.3 Å². The summed E-state index contributed by atoms with van der Waals surface area (Å²) in [6.45, 7) is 10.2. The van der Waals surface area contributed by atoms with Gasteiger partial charge in [0.2, 0.25) is 0 Å². The zero-order valence-electron chi connectivity index (χ0n) is 40.2. The van der Waals surface area contributed by atoms with Crippen LogP contribution >= 0.6 is 21.6 Å². The summed E-state index contributed by atoms with van der Waals surface area (Å²) < 4.78 is 2.23. The summed E-state index contributed by atoms with van der Waals surface area (Å²) in [4.78, 5) is 24.0. The van der Waals surface area contributed by atoms with Crippen LogP contribution in [0.15, 0.2) is 46.5 Å². The predicted molar refractivity (Wildman–Crippen MR) is 261 cm³/mol. The Balaban J connectivity index is 1.30. The molecule has 0 radical (unpaired) electrons. The van der Waals surface area contributed by atoms with Crippen LogP contribution in [0.3, 0.4) is 0 Å². The fourth-order valence-electron chi connectivity index (χ4n) is 15.8. The molecule has 15 heteroatoms. The lowest BCUT2D eigenvalue weighted by atomic mass is 9.42. The van der Waals surface area contributed by atoms with Crippen molar-refractivity contribution in [3.63, 3.8) is 0 Å². The van der Waals surface area contributed by atoms with E-state index in [0.29, 0.717) is 43.1 Å². The Hall–Kier alpha value is -1.95. The first-order chi connectivity index (χ1) is 31.3. The quantitative estimate of drug-likeness (QED) is 0.0475. The average molecular weight is 956 g/mol. The number of allylic oxidation sites excluding steroid dienone is 2. The van der Waals surface area contributed by atoms with Crippen molar-refractivity contribution in [1.82, 2.24) is 14.9 Å². The molecule has 7 aliphatic rings. The van der Waals surface area contributed by atoms with Gasteiger partial charge in [-0.25, -0.2) is 4.98 Å². The fraction of sp³-hybridized carbons (Fsp3) is 0.824. The Bertz CT molecular complexity index is 1970. The molecule has 1 aromatic heterocycles. The van der Waals surface area contributed by atoms with Crippen LogP contribution in [0.1, 0.15) is 143 Å². The number of nitrogens with zero attached hydrogens (tertiary/aromatic N) is 3. The molecule has 1 aliphatic heterocycles. The third kappa shape index (κ3) is 9.03. The lowest BCUT2D eigenvalue weighted by Gasteiger charge is -2.64. The molecular weight excluding hydrogens is 875 g/mol. The Labute approximate surface area is 400 Å². The topological polar surface area (TPSA) is 227 Å². The fourth-order valence-corrected chi connectivity index (χ4v) is 19.1. The number of hydrogen-bond acceptors (Lipinski definition) is 12. The van der Waals surface area contributed by atoms with Crippen molar-refractivity contribution in [2.45, 2.75) is 179 Å². The maximum absolute atomic E-state index is 14.7. The first-order valence-corrected chi connectivity index (χ1v) is 27.7. The highest BCUT2D eigenvalue weighted by Crippen LogP contribution is 2.73. The second kappa shape index (κ2) is 19.7. The van der Waals surface area contributed by atoms with Gasteiger partial charge in [-0.2, -0.15) is 0 Å². The van der Waals surface area contributed by atoms with Crippen molar-refractivity contribution in [2.75, 3.05) is 25.5 Å². The van der Waals surface area contributed by atoms with Gasteiger partial charge in [0, 0.05) is 59.8 Å². The van der Waals surface area contributed by atoms with Crippen LogP contribution in [0.2, 0.25) is 0 Å². The smallest absolute Gasteiger partial charge is 0.190 e. The number of hydrogen-bond donors (Lipinski definition) is 9. The first kappa shape index (κ1) is 50.4. The van der Waals surface area contributed by atoms with Gasteiger partial charge in [0.25, 0.3) is 0 Å². The molecular formula is C51H81N5O8S2. The molecule has 66 heavy (non-hydrogen) atoms. The van der Waals surface area contributed by atoms with Crippen molar-refractivity contribution < 1.29 is 40.5 Å². The minimum absolute atomic E-state index is 0.0209. The highest BCUT2D eigenvalue weighted by Gasteiger charge is 2.74. The van der Waals surface area contributed by atoms with E-state index in [0.717, 1.165) is 31.4 Å². The number of carbonyl (C=O) groups excluding carboxylic acids is 1. The number of carbonyl (C=O) groups is 1. The third-order valence-corrected chi connectivity index (χ3v) is 21.8. The van der Waals surface area contributed by atoms with Crippen LogP contribution in [0, 0.1) is 57.2 Å². The second-order valence-corrected chi connectivity index (χ2v) is 25.8. The molecule has 0 amide bonds. The summed E-state index contributed by atoms with van der Waals surface area (Å²) in [6.07, 6.45) is 16.6. The van der Waals surface area contributed by atoms with Gasteiger partial charge in [0.1, 0.15) is 6.23 Å². The van der Waals surface area contributed by atoms with Gasteiger partial charge in [-0.05, 0) is 148 Å². The molecule has 13 nitrogen and oxygen atoms in total. The van der Waals surface area contributed by atoms with E-state index in [-0.39, 0.29) is 72.2 Å². The van der Waals surface area contributed by atoms with Crippen molar-refractivity contribution >= 4 is 33.3 Å². The minimum Gasteiger partial charge on any atom is -0.396 e. The Morgan fingerprint density at radius 1 is 1.03 bits per heavy atom. The lowest BCUT2D eigenvalue weighted by molar-refractivity contribution is -0.183. The van der Waals surface area contributed by atoms with Crippen molar-refractivity contribution in [2.24, 2.45) is 67.9 Å². The third-order valence-electron chi connectivity index (χ3n) is 18.8. The van der Waals surface area contributed by atoms with Gasteiger partial charge in [0.15, 0.2) is 11.7 Å². The van der Waals surface area contributed by atoms with Crippen molar-refractivity contribution in [3.8, 4) is 0 Å². The van der Waals surface area contributed by atoms with Crippen LogP contribution < -0.4 is 11.1 Å². The molecule has 2 heterocycles. The average Bonchev–Trinajstić information content (AvgIpc) is 4.02. The van der Waals surface area contributed by atoms with Crippen molar-refractivity contribution in [1.29, 1.82) is 0 Å². The lowest BCUT2D eigenvalue weighted by Crippen LogP contribution is -2.67. The summed E-state index contributed by atoms with van der Waals surface area (Å²) in [5, 5.41) is 85.2. The van der Waals surface area contributed by atoms with Crippen LogP contribution in [0.4, 0.5) is 0 Å².